The Hall–Kier alpha value is 0.0597. The molecular formula is C8H21B4NO4. The fourth-order valence-corrected chi connectivity index (χ4v) is 2.06. The van der Waals surface area contributed by atoms with Crippen LogP contribution >= 0.6 is 0 Å². The van der Waals surface area contributed by atoms with E-state index in [1.807, 2.05) is 18.9 Å². The highest BCUT2D eigenvalue weighted by Crippen LogP contribution is 2.23. The van der Waals surface area contributed by atoms with Gasteiger partial charge in [0.1, 0.15) is 13.3 Å². The fraction of sp³-hybridized carbons (Fsp3) is 1.00. The van der Waals surface area contributed by atoms with E-state index in [2.05, 4.69) is 7.74 Å². The van der Waals surface area contributed by atoms with Crippen molar-refractivity contribution in [3.05, 3.63) is 0 Å². The van der Waals surface area contributed by atoms with Gasteiger partial charge in [-0.2, -0.15) is 0 Å². The van der Waals surface area contributed by atoms with Gasteiger partial charge in [0.15, 0.2) is 0 Å². The van der Waals surface area contributed by atoms with E-state index in [4.69, 9.17) is 18.7 Å². The molecule has 5 nitrogen and oxygen atoms in total. The maximum Gasteiger partial charge on any atom is 0.541 e. The molecule has 0 bridgehead atoms. The zero-order chi connectivity index (χ0) is 12.8. The van der Waals surface area contributed by atoms with Crippen LogP contribution in [-0.2, 0) is 18.7 Å². The van der Waals surface area contributed by atoms with Gasteiger partial charge >= 0.3 is 7.25 Å². The van der Waals surface area contributed by atoms with Crippen molar-refractivity contribution < 1.29 is 18.7 Å². The summed E-state index contributed by atoms with van der Waals surface area (Å²) in [4.78, 5) is 1.89. The highest BCUT2D eigenvalue weighted by atomic mass is 16.6. The predicted octanol–water partition coefficient (Wildman–Crippen LogP) is -2.77. The summed E-state index contributed by atoms with van der Waals surface area (Å²) in [5.74, 6) is 0. The van der Waals surface area contributed by atoms with E-state index in [9.17, 15) is 0 Å². The van der Waals surface area contributed by atoms with Crippen LogP contribution in [0.2, 0.25) is 0 Å². The van der Waals surface area contributed by atoms with Crippen LogP contribution in [0.4, 0.5) is 0 Å². The molecule has 1 aliphatic rings. The predicted molar refractivity (Wildman–Crippen MR) is 74.8 cm³/mol. The summed E-state index contributed by atoms with van der Waals surface area (Å²) in [6, 6.07) is 0.264. The quantitative estimate of drug-likeness (QED) is 0.449. The molecule has 1 heterocycles. The first-order valence-electron chi connectivity index (χ1n) is 6.11. The van der Waals surface area contributed by atoms with Gasteiger partial charge in [0, 0.05) is 13.1 Å². The molecule has 0 aromatic carbocycles. The number of rotatable bonds is 7. The zero-order valence-electron chi connectivity index (χ0n) is 11.5. The molecule has 1 saturated heterocycles. The third-order valence-corrected chi connectivity index (χ3v) is 2.98. The zero-order valence-corrected chi connectivity index (χ0v) is 11.5. The lowest BCUT2D eigenvalue weighted by atomic mass is 9.51. The summed E-state index contributed by atoms with van der Waals surface area (Å²) in [7, 11) is 9.96. The van der Waals surface area contributed by atoms with Gasteiger partial charge in [-0.25, -0.2) is 0 Å². The molecule has 1 fully saturated rings. The van der Waals surface area contributed by atoms with Gasteiger partial charge in [-0.1, -0.05) is 0 Å². The van der Waals surface area contributed by atoms with Crippen molar-refractivity contribution in [2.24, 2.45) is 0 Å². The van der Waals surface area contributed by atoms with E-state index in [-0.39, 0.29) is 25.5 Å². The molecule has 0 N–H and O–H groups in total. The van der Waals surface area contributed by atoms with Gasteiger partial charge in [0.05, 0.1) is 20.4 Å². The van der Waals surface area contributed by atoms with Crippen LogP contribution in [0.1, 0.15) is 6.42 Å². The SMILES string of the molecule is BBC1CC(OB(OB)N(C)C)C(COC)O1. The lowest BCUT2D eigenvalue weighted by molar-refractivity contribution is -0.0176. The third kappa shape index (κ3) is 4.34. The first-order chi connectivity index (χ1) is 8.12. The summed E-state index contributed by atoms with van der Waals surface area (Å²) in [5.41, 5.74) is 0. The van der Waals surface area contributed by atoms with Crippen LogP contribution in [0.3, 0.4) is 0 Å². The van der Waals surface area contributed by atoms with E-state index in [0.717, 1.165) is 13.6 Å². The minimum Gasteiger partial charge on any atom is -0.466 e. The highest BCUT2D eigenvalue weighted by molar-refractivity contribution is 6.90. The molecule has 0 spiro atoms. The van der Waals surface area contributed by atoms with Crippen LogP contribution in [0.5, 0.6) is 0 Å². The van der Waals surface area contributed by atoms with Crippen LogP contribution < -0.4 is 0 Å². The van der Waals surface area contributed by atoms with Gasteiger partial charge in [0.2, 0.25) is 8.05 Å². The number of methoxy groups -OCH3 is 1. The van der Waals surface area contributed by atoms with E-state index >= 15 is 0 Å². The molecule has 0 aromatic heterocycles. The van der Waals surface area contributed by atoms with Gasteiger partial charge in [-0.15, -0.1) is 0 Å². The van der Waals surface area contributed by atoms with E-state index < -0.39 is 0 Å². The summed E-state index contributed by atoms with van der Waals surface area (Å²) in [5, 5.41) is 0. The van der Waals surface area contributed by atoms with Crippen molar-refractivity contribution in [1.82, 2.24) is 4.81 Å². The van der Waals surface area contributed by atoms with Gasteiger partial charge in [-0.3, -0.25) is 4.81 Å². The molecule has 0 saturated carbocycles. The number of hydrogen-bond donors (Lipinski definition) is 0. The van der Waals surface area contributed by atoms with Crippen molar-refractivity contribution in [1.29, 1.82) is 0 Å². The number of nitrogens with zero attached hydrogens (tertiary/aromatic N) is 1. The second-order valence-corrected chi connectivity index (χ2v) is 4.58. The Morgan fingerprint density at radius 1 is 1.53 bits per heavy atom. The first kappa shape index (κ1) is 15.1. The summed E-state index contributed by atoms with van der Waals surface area (Å²) >= 11 is 0. The van der Waals surface area contributed by atoms with Gasteiger partial charge in [-0.05, 0) is 20.5 Å². The largest absolute Gasteiger partial charge is 0.541 e. The molecule has 0 radical (unpaired) electrons. The standard InChI is InChI=1S/C8H21B4NO4/c1-13(2)12(17-10)16-6-4-8(11-9)15-7(6)5-14-3/h6-8,11H,4-5,9-10H2,1-3H3. The molecule has 94 valence electrons. The van der Waals surface area contributed by atoms with E-state index in [1.54, 1.807) is 15.2 Å². The second kappa shape index (κ2) is 7.48. The minimum atomic E-state index is -0.335. The molecule has 0 amide bonds. The van der Waals surface area contributed by atoms with Crippen molar-refractivity contribution in [2.45, 2.75) is 24.6 Å². The Bertz CT molecular complexity index is 224. The third-order valence-electron chi connectivity index (χ3n) is 2.98. The van der Waals surface area contributed by atoms with Crippen molar-refractivity contribution in [3.63, 3.8) is 0 Å². The van der Waals surface area contributed by atoms with E-state index in [0.29, 0.717) is 6.61 Å². The average molecular weight is 239 g/mol. The van der Waals surface area contributed by atoms with Crippen molar-refractivity contribution in [3.8, 4) is 0 Å². The normalized spacial score (nSPS) is 28.6. The maximum absolute atomic E-state index is 5.92. The molecule has 0 aliphatic carbocycles. The van der Waals surface area contributed by atoms with E-state index in [1.165, 1.54) is 0 Å². The first-order valence-corrected chi connectivity index (χ1v) is 6.11. The van der Waals surface area contributed by atoms with Crippen molar-refractivity contribution in [2.75, 3.05) is 27.8 Å². The molecule has 0 aromatic rings. The van der Waals surface area contributed by atoms with Crippen LogP contribution in [-0.4, -0.2) is 81.0 Å². The fourth-order valence-electron chi connectivity index (χ4n) is 2.06. The maximum atomic E-state index is 5.92. The van der Waals surface area contributed by atoms with Crippen LogP contribution in [0.25, 0.3) is 0 Å². The smallest absolute Gasteiger partial charge is 0.466 e. The Morgan fingerprint density at radius 2 is 2.24 bits per heavy atom. The lowest BCUT2D eigenvalue weighted by Gasteiger charge is -2.25. The number of ether oxygens (including phenoxy) is 2. The summed E-state index contributed by atoms with van der Waals surface area (Å²) < 4.78 is 22.2. The highest BCUT2D eigenvalue weighted by Gasteiger charge is 2.38. The average Bonchev–Trinajstić information content (AvgIpc) is 2.68. The molecule has 1 rings (SSSR count). The Kier molecular flexibility index (Phi) is 6.66. The molecule has 9 heteroatoms. The Balaban J connectivity index is 2.53. The van der Waals surface area contributed by atoms with Crippen LogP contribution in [0.15, 0.2) is 0 Å². The Labute approximate surface area is 107 Å². The lowest BCUT2D eigenvalue weighted by Crippen LogP contribution is -2.44. The number of hydrogen-bond acceptors (Lipinski definition) is 5. The molecular weight excluding hydrogens is 217 g/mol. The minimum absolute atomic E-state index is 0.00236. The summed E-state index contributed by atoms with van der Waals surface area (Å²) in [6.07, 6.45) is 0.938. The molecule has 3 unspecified atom stereocenters. The molecule has 3 atom stereocenters. The molecule has 17 heavy (non-hydrogen) atoms. The van der Waals surface area contributed by atoms with Crippen molar-refractivity contribution >= 4 is 30.2 Å². The molecule has 1 aliphatic heterocycles. The van der Waals surface area contributed by atoms with Gasteiger partial charge in [0.25, 0.3) is 0 Å². The summed E-state index contributed by atoms with van der Waals surface area (Å²) in [6.45, 7) is 0.561. The topological polar surface area (TPSA) is 40.2 Å². The second-order valence-electron chi connectivity index (χ2n) is 4.58. The van der Waals surface area contributed by atoms with Gasteiger partial charge < -0.3 is 18.7 Å². The monoisotopic (exact) mass is 239 g/mol. The Morgan fingerprint density at radius 3 is 2.71 bits per heavy atom. The van der Waals surface area contributed by atoms with Crippen LogP contribution in [0, 0.1) is 0 Å².